The summed E-state index contributed by atoms with van der Waals surface area (Å²) in [4.78, 5) is 14.5. The van der Waals surface area contributed by atoms with Crippen molar-refractivity contribution < 1.29 is 9.21 Å². The van der Waals surface area contributed by atoms with E-state index in [0.717, 1.165) is 42.3 Å². The molecule has 1 N–H and O–H groups in total. The lowest BCUT2D eigenvalue weighted by Gasteiger charge is -2.21. The lowest BCUT2D eigenvalue weighted by Crippen LogP contribution is -2.41. The first kappa shape index (κ1) is 16.2. The minimum absolute atomic E-state index is 0.00382. The highest BCUT2D eigenvalue weighted by Gasteiger charge is 2.37. The zero-order valence-electron chi connectivity index (χ0n) is 14.9. The first-order chi connectivity index (χ1) is 12.1. The largest absolute Gasteiger partial charge is 0.464 e. The van der Waals surface area contributed by atoms with E-state index in [9.17, 15) is 4.79 Å². The van der Waals surface area contributed by atoms with E-state index in [2.05, 4.69) is 23.4 Å². The van der Waals surface area contributed by atoms with Gasteiger partial charge < -0.3 is 14.6 Å². The molecule has 0 bridgehead atoms. The van der Waals surface area contributed by atoms with Gasteiger partial charge in [-0.25, -0.2) is 4.79 Å². The Morgan fingerprint density at radius 3 is 2.88 bits per heavy atom. The smallest absolute Gasteiger partial charge is 0.318 e. The van der Waals surface area contributed by atoms with Gasteiger partial charge in [-0.2, -0.15) is 5.10 Å². The van der Waals surface area contributed by atoms with Crippen molar-refractivity contribution in [2.75, 3.05) is 6.54 Å². The molecule has 0 aromatic carbocycles. The van der Waals surface area contributed by atoms with Crippen molar-refractivity contribution in [3.63, 3.8) is 0 Å². The highest BCUT2D eigenvalue weighted by Crippen LogP contribution is 2.47. The van der Waals surface area contributed by atoms with Crippen LogP contribution < -0.4 is 5.32 Å². The number of hydrogen-bond acceptors (Lipinski definition) is 3. The highest BCUT2D eigenvalue weighted by atomic mass is 16.3. The molecule has 6 nitrogen and oxygen atoms in total. The minimum Gasteiger partial charge on any atom is -0.464 e. The first-order valence-corrected chi connectivity index (χ1v) is 9.21. The molecule has 6 heteroatoms. The minimum atomic E-state index is 0.00382. The molecule has 2 aliphatic rings. The van der Waals surface area contributed by atoms with Crippen LogP contribution in [0.3, 0.4) is 0 Å². The maximum atomic E-state index is 12.6. The highest BCUT2D eigenvalue weighted by molar-refractivity contribution is 5.74. The number of furan rings is 1. The van der Waals surface area contributed by atoms with Gasteiger partial charge in [-0.1, -0.05) is 6.92 Å². The third-order valence-corrected chi connectivity index (χ3v) is 5.18. The first-order valence-electron chi connectivity index (χ1n) is 9.21. The molecule has 2 heterocycles. The van der Waals surface area contributed by atoms with Gasteiger partial charge in [0.15, 0.2) is 0 Å². The second-order valence-corrected chi connectivity index (χ2v) is 7.49. The van der Waals surface area contributed by atoms with Crippen molar-refractivity contribution in [1.82, 2.24) is 20.0 Å². The summed E-state index contributed by atoms with van der Waals surface area (Å²) in [5.41, 5.74) is 1.13. The van der Waals surface area contributed by atoms with E-state index in [1.54, 1.807) is 4.68 Å². The number of hydrogen-bond donors (Lipinski definition) is 1. The molecule has 2 fully saturated rings. The van der Waals surface area contributed by atoms with Crippen molar-refractivity contribution in [3.8, 4) is 0 Å². The van der Waals surface area contributed by atoms with E-state index in [-0.39, 0.29) is 6.03 Å². The monoisotopic (exact) mass is 342 g/mol. The van der Waals surface area contributed by atoms with Crippen LogP contribution in [-0.2, 0) is 20.0 Å². The molecule has 2 amide bonds. The Morgan fingerprint density at radius 1 is 1.44 bits per heavy atom. The third kappa shape index (κ3) is 3.89. The molecule has 2 aromatic heterocycles. The Bertz CT molecular complexity index is 746. The van der Waals surface area contributed by atoms with Crippen LogP contribution in [0.25, 0.3) is 0 Å². The fourth-order valence-corrected chi connectivity index (χ4v) is 3.33. The maximum absolute atomic E-state index is 12.6. The Kier molecular flexibility index (Phi) is 4.27. The zero-order valence-corrected chi connectivity index (χ0v) is 14.9. The van der Waals surface area contributed by atoms with Crippen LogP contribution in [0.2, 0.25) is 0 Å². The molecule has 0 spiro atoms. The lowest BCUT2D eigenvalue weighted by atomic mass is 10.2. The lowest BCUT2D eigenvalue weighted by molar-refractivity contribution is 0.186. The number of aromatic nitrogens is 2. The molecule has 0 unspecified atom stereocenters. The van der Waals surface area contributed by atoms with Gasteiger partial charge >= 0.3 is 6.03 Å². The number of nitrogens with zero attached hydrogens (tertiary/aromatic N) is 3. The van der Waals surface area contributed by atoms with Crippen molar-refractivity contribution >= 4 is 6.03 Å². The van der Waals surface area contributed by atoms with Crippen LogP contribution in [0.5, 0.6) is 0 Å². The Balaban J connectivity index is 1.31. The van der Waals surface area contributed by atoms with Crippen LogP contribution >= 0.6 is 0 Å². The van der Waals surface area contributed by atoms with E-state index in [1.165, 1.54) is 6.42 Å². The third-order valence-electron chi connectivity index (χ3n) is 5.18. The van der Waals surface area contributed by atoms with Crippen molar-refractivity contribution in [1.29, 1.82) is 0 Å². The number of aryl methyl sites for hydroxylation is 1. The van der Waals surface area contributed by atoms with Crippen molar-refractivity contribution in [2.45, 2.75) is 51.1 Å². The SMILES string of the molecule is C[C@H]1C[C@H]1c1ccc(CN(C(=O)NCCc2cnn(C)c2)C2CC2)o1. The molecular formula is C19H26N4O2. The summed E-state index contributed by atoms with van der Waals surface area (Å²) < 4.78 is 7.76. The Labute approximate surface area is 148 Å². The summed E-state index contributed by atoms with van der Waals surface area (Å²) in [6, 6.07) is 4.46. The topological polar surface area (TPSA) is 63.3 Å². The van der Waals surface area contributed by atoms with Gasteiger partial charge in [0, 0.05) is 31.7 Å². The fraction of sp³-hybridized carbons (Fsp3) is 0.579. The number of nitrogens with one attached hydrogen (secondary N) is 1. The summed E-state index contributed by atoms with van der Waals surface area (Å²) in [6.45, 7) is 3.43. The van der Waals surface area contributed by atoms with E-state index in [0.29, 0.717) is 25.0 Å². The summed E-state index contributed by atoms with van der Waals surface area (Å²) in [6.07, 6.45) is 8.01. The summed E-state index contributed by atoms with van der Waals surface area (Å²) in [7, 11) is 1.90. The number of urea groups is 1. The predicted molar refractivity (Wildman–Crippen MR) is 94.1 cm³/mol. The molecule has 0 aliphatic heterocycles. The van der Waals surface area contributed by atoms with Crippen molar-refractivity contribution in [3.05, 3.63) is 41.6 Å². The fourth-order valence-electron chi connectivity index (χ4n) is 3.33. The van der Waals surface area contributed by atoms with Gasteiger partial charge in [-0.3, -0.25) is 4.68 Å². The van der Waals surface area contributed by atoms with E-state index >= 15 is 0 Å². The number of carbonyl (C=O) groups excluding carboxylic acids is 1. The van der Waals surface area contributed by atoms with Crippen LogP contribution in [0, 0.1) is 5.92 Å². The quantitative estimate of drug-likeness (QED) is 0.841. The molecule has 134 valence electrons. The van der Waals surface area contributed by atoms with Crippen molar-refractivity contribution in [2.24, 2.45) is 13.0 Å². The van der Waals surface area contributed by atoms with Gasteiger partial charge in [0.1, 0.15) is 11.5 Å². The zero-order chi connectivity index (χ0) is 17.4. The molecule has 2 aromatic rings. The number of rotatable bonds is 7. The normalized spacial score (nSPS) is 22.0. The average Bonchev–Trinajstić information content (AvgIpc) is 3.47. The van der Waals surface area contributed by atoms with Crippen LogP contribution in [0.1, 0.15) is 49.2 Å². The van der Waals surface area contributed by atoms with Gasteiger partial charge in [0.05, 0.1) is 12.7 Å². The summed E-state index contributed by atoms with van der Waals surface area (Å²) >= 11 is 0. The molecule has 0 radical (unpaired) electrons. The number of amides is 2. The van der Waals surface area contributed by atoms with Gasteiger partial charge in [0.2, 0.25) is 0 Å². The van der Waals surface area contributed by atoms with E-state index in [1.807, 2.05) is 30.4 Å². The maximum Gasteiger partial charge on any atom is 0.318 e. The summed E-state index contributed by atoms with van der Waals surface area (Å²) in [5, 5.41) is 7.19. The molecule has 4 rings (SSSR count). The van der Waals surface area contributed by atoms with Crippen LogP contribution in [0.4, 0.5) is 4.79 Å². The molecular weight excluding hydrogens is 316 g/mol. The Morgan fingerprint density at radius 2 is 2.24 bits per heavy atom. The van der Waals surface area contributed by atoms with Gasteiger partial charge in [0.25, 0.3) is 0 Å². The van der Waals surface area contributed by atoms with Crippen LogP contribution in [-0.4, -0.2) is 33.3 Å². The molecule has 2 saturated carbocycles. The predicted octanol–water partition coefficient (Wildman–Crippen LogP) is 3.05. The van der Waals surface area contributed by atoms with E-state index in [4.69, 9.17) is 4.42 Å². The molecule has 25 heavy (non-hydrogen) atoms. The van der Waals surface area contributed by atoms with E-state index < -0.39 is 0 Å². The Hall–Kier alpha value is -2.24. The van der Waals surface area contributed by atoms with Gasteiger partial charge in [-0.15, -0.1) is 0 Å². The van der Waals surface area contributed by atoms with Gasteiger partial charge in [-0.05, 0) is 49.3 Å². The molecule has 0 saturated heterocycles. The second kappa shape index (κ2) is 6.58. The molecule has 2 aliphatic carbocycles. The molecule has 2 atom stereocenters. The summed E-state index contributed by atoms with van der Waals surface area (Å²) in [5.74, 6) is 3.28. The number of carbonyl (C=O) groups is 1. The standard InChI is InChI=1S/C19H26N4O2/c1-13-9-17(13)18-6-5-16(25-18)12-23(15-3-4-15)19(24)20-8-7-14-10-21-22(2)11-14/h5-6,10-11,13,15,17H,3-4,7-9,12H2,1-2H3,(H,20,24)/t13-,17+/m0/s1. The van der Waals surface area contributed by atoms with Crippen LogP contribution in [0.15, 0.2) is 28.9 Å². The second-order valence-electron chi connectivity index (χ2n) is 7.49. The average molecular weight is 342 g/mol.